The molecule has 0 aliphatic rings. The summed E-state index contributed by atoms with van der Waals surface area (Å²) in [5.41, 5.74) is 1.36. The van der Waals surface area contributed by atoms with Gasteiger partial charge < -0.3 is 14.4 Å². The molecule has 0 fully saturated rings. The van der Waals surface area contributed by atoms with Crippen LogP contribution in [-0.4, -0.2) is 59.7 Å². The second-order valence-electron chi connectivity index (χ2n) is 5.84. The highest BCUT2D eigenvalue weighted by molar-refractivity contribution is 7.89. The van der Waals surface area contributed by atoms with Crippen LogP contribution in [0.3, 0.4) is 0 Å². The average Bonchev–Trinajstić information content (AvgIpc) is 2.54. The van der Waals surface area contributed by atoms with Gasteiger partial charge in [0.25, 0.3) is 0 Å². The fourth-order valence-electron chi connectivity index (χ4n) is 2.49. The lowest BCUT2D eigenvalue weighted by Crippen LogP contribution is -2.38. The number of hydrogen-bond donors (Lipinski definition) is 1. The van der Waals surface area contributed by atoms with Gasteiger partial charge in [0.05, 0.1) is 12.0 Å². The van der Waals surface area contributed by atoms with Crippen LogP contribution in [0.1, 0.15) is 24.5 Å². The fourth-order valence-corrected chi connectivity index (χ4v) is 3.82. The highest BCUT2D eigenvalue weighted by Crippen LogP contribution is 2.25. The molecule has 1 aromatic rings. The molecule has 0 radical (unpaired) electrons. The SMILES string of the molecule is COCCCN(CCNS(=O)(=O)c1cc(C)c(OC)cc1C)C(C)=O. The first kappa shape index (κ1) is 21.4. The maximum atomic E-state index is 12.5. The molecule has 0 unspecified atom stereocenters. The van der Waals surface area contributed by atoms with Crippen LogP contribution in [0.5, 0.6) is 5.75 Å². The van der Waals surface area contributed by atoms with Gasteiger partial charge in [-0.25, -0.2) is 13.1 Å². The molecular formula is C17H28N2O5S. The van der Waals surface area contributed by atoms with Crippen LogP contribution in [0.4, 0.5) is 0 Å². The number of methoxy groups -OCH3 is 2. The van der Waals surface area contributed by atoms with Gasteiger partial charge in [-0.2, -0.15) is 0 Å². The van der Waals surface area contributed by atoms with E-state index in [1.54, 1.807) is 45.1 Å². The summed E-state index contributed by atoms with van der Waals surface area (Å²) < 4.78 is 37.8. The molecule has 1 amide bonds. The summed E-state index contributed by atoms with van der Waals surface area (Å²) in [5, 5.41) is 0. The van der Waals surface area contributed by atoms with Crippen molar-refractivity contribution in [3.63, 3.8) is 0 Å². The molecule has 25 heavy (non-hydrogen) atoms. The quantitative estimate of drug-likeness (QED) is 0.629. The number of sulfonamides is 1. The Bertz CT molecular complexity index is 689. The summed E-state index contributed by atoms with van der Waals surface area (Å²) in [6, 6.07) is 3.30. The van der Waals surface area contributed by atoms with Gasteiger partial charge in [-0.15, -0.1) is 0 Å². The van der Waals surface area contributed by atoms with Crippen LogP contribution < -0.4 is 9.46 Å². The first-order valence-electron chi connectivity index (χ1n) is 8.12. The van der Waals surface area contributed by atoms with Crippen LogP contribution >= 0.6 is 0 Å². The Kier molecular flexibility index (Phi) is 8.34. The number of benzene rings is 1. The first-order valence-corrected chi connectivity index (χ1v) is 9.60. The highest BCUT2D eigenvalue weighted by Gasteiger charge is 2.19. The van der Waals surface area contributed by atoms with Crippen LogP contribution in [0.2, 0.25) is 0 Å². The number of ether oxygens (including phenoxy) is 2. The maximum Gasteiger partial charge on any atom is 0.240 e. The van der Waals surface area contributed by atoms with E-state index in [9.17, 15) is 13.2 Å². The highest BCUT2D eigenvalue weighted by atomic mass is 32.2. The van der Waals surface area contributed by atoms with Gasteiger partial charge in [0, 0.05) is 40.3 Å². The Morgan fingerprint density at radius 2 is 1.84 bits per heavy atom. The summed E-state index contributed by atoms with van der Waals surface area (Å²) in [5.74, 6) is 0.559. The van der Waals surface area contributed by atoms with E-state index in [1.165, 1.54) is 6.92 Å². The first-order chi connectivity index (χ1) is 11.7. The Labute approximate surface area is 150 Å². The number of rotatable bonds is 10. The summed E-state index contributed by atoms with van der Waals surface area (Å²) in [7, 11) is -0.501. The summed E-state index contributed by atoms with van der Waals surface area (Å²) in [6.07, 6.45) is 0.708. The van der Waals surface area contributed by atoms with Crippen molar-refractivity contribution in [3.8, 4) is 5.75 Å². The minimum Gasteiger partial charge on any atom is -0.496 e. The average molecular weight is 372 g/mol. The topological polar surface area (TPSA) is 84.9 Å². The van der Waals surface area contributed by atoms with Crippen LogP contribution in [0, 0.1) is 13.8 Å². The molecule has 7 nitrogen and oxygen atoms in total. The Morgan fingerprint density at radius 1 is 1.16 bits per heavy atom. The van der Waals surface area contributed by atoms with Crippen LogP contribution in [0.25, 0.3) is 0 Å². The van der Waals surface area contributed by atoms with Gasteiger partial charge in [0.15, 0.2) is 0 Å². The zero-order valence-electron chi connectivity index (χ0n) is 15.6. The third-order valence-corrected chi connectivity index (χ3v) is 5.48. The lowest BCUT2D eigenvalue weighted by molar-refractivity contribution is -0.128. The van der Waals surface area contributed by atoms with E-state index >= 15 is 0 Å². The molecule has 0 aliphatic carbocycles. The van der Waals surface area contributed by atoms with E-state index in [0.717, 1.165) is 5.56 Å². The molecule has 0 atom stereocenters. The normalized spacial score (nSPS) is 11.4. The monoisotopic (exact) mass is 372 g/mol. The van der Waals surface area contributed by atoms with Crippen molar-refractivity contribution in [2.24, 2.45) is 0 Å². The van der Waals surface area contributed by atoms with Gasteiger partial charge >= 0.3 is 0 Å². The summed E-state index contributed by atoms with van der Waals surface area (Å²) in [6.45, 7) is 6.54. The minimum absolute atomic E-state index is 0.0910. The number of nitrogens with zero attached hydrogens (tertiary/aromatic N) is 1. The van der Waals surface area contributed by atoms with Crippen molar-refractivity contribution >= 4 is 15.9 Å². The number of aryl methyl sites for hydroxylation is 2. The van der Waals surface area contributed by atoms with Gasteiger partial charge in [-0.05, 0) is 43.5 Å². The van der Waals surface area contributed by atoms with E-state index < -0.39 is 10.0 Å². The van der Waals surface area contributed by atoms with Crippen molar-refractivity contribution in [3.05, 3.63) is 23.3 Å². The van der Waals surface area contributed by atoms with E-state index in [2.05, 4.69) is 4.72 Å². The maximum absolute atomic E-state index is 12.5. The lowest BCUT2D eigenvalue weighted by atomic mass is 10.1. The molecule has 1 rings (SSSR count). The van der Waals surface area contributed by atoms with Crippen molar-refractivity contribution in [2.75, 3.05) is 40.5 Å². The van der Waals surface area contributed by atoms with Crippen molar-refractivity contribution < 1.29 is 22.7 Å². The summed E-state index contributed by atoms with van der Waals surface area (Å²) in [4.78, 5) is 13.5. The third kappa shape index (κ3) is 6.30. The molecule has 0 aliphatic heterocycles. The molecule has 0 aromatic heterocycles. The Morgan fingerprint density at radius 3 is 2.40 bits per heavy atom. The molecule has 8 heteroatoms. The smallest absolute Gasteiger partial charge is 0.240 e. The molecule has 1 aromatic carbocycles. The van der Waals surface area contributed by atoms with Crippen LogP contribution in [0.15, 0.2) is 17.0 Å². The van der Waals surface area contributed by atoms with Crippen molar-refractivity contribution in [1.82, 2.24) is 9.62 Å². The third-order valence-electron chi connectivity index (χ3n) is 3.88. The van der Waals surface area contributed by atoms with E-state index in [1.807, 2.05) is 0 Å². The predicted octanol–water partition coefficient (Wildman–Crippen LogP) is 1.48. The van der Waals surface area contributed by atoms with Crippen molar-refractivity contribution in [1.29, 1.82) is 0 Å². The minimum atomic E-state index is -3.65. The molecule has 0 spiro atoms. The predicted molar refractivity (Wildman–Crippen MR) is 96.4 cm³/mol. The number of carbonyl (C=O) groups is 1. The zero-order valence-corrected chi connectivity index (χ0v) is 16.4. The van der Waals surface area contributed by atoms with Gasteiger partial charge in [0.2, 0.25) is 15.9 Å². The second kappa shape index (κ2) is 9.74. The molecular weight excluding hydrogens is 344 g/mol. The number of amides is 1. The fraction of sp³-hybridized carbons (Fsp3) is 0.588. The van der Waals surface area contributed by atoms with Crippen molar-refractivity contribution in [2.45, 2.75) is 32.1 Å². The standard InChI is InChI=1S/C17H28N2O5S/c1-13-12-17(14(2)11-16(13)24-5)25(21,22)18-7-9-19(15(3)20)8-6-10-23-4/h11-12,18H,6-10H2,1-5H3. The largest absolute Gasteiger partial charge is 0.496 e. The lowest BCUT2D eigenvalue weighted by Gasteiger charge is -2.21. The van der Waals surface area contributed by atoms with E-state index in [4.69, 9.17) is 9.47 Å². The number of carbonyl (C=O) groups excluding carboxylic acids is 1. The summed E-state index contributed by atoms with van der Waals surface area (Å²) >= 11 is 0. The van der Waals surface area contributed by atoms with E-state index in [0.29, 0.717) is 37.4 Å². The van der Waals surface area contributed by atoms with Crippen LogP contribution in [-0.2, 0) is 19.6 Å². The second-order valence-corrected chi connectivity index (χ2v) is 7.57. The Balaban J connectivity index is 2.75. The molecule has 0 bridgehead atoms. The molecule has 0 saturated heterocycles. The number of nitrogens with one attached hydrogen (secondary N) is 1. The van der Waals surface area contributed by atoms with E-state index in [-0.39, 0.29) is 17.3 Å². The van der Waals surface area contributed by atoms with Gasteiger partial charge in [-0.1, -0.05) is 0 Å². The molecule has 1 N–H and O–H groups in total. The zero-order chi connectivity index (χ0) is 19.0. The van der Waals surface area contributed by atoms with Gasteiger partial charge in [-0.3, -0.25) is 4.79 Å². The Hall–Kier alpha value is -1.64. The number of hydrogen-bond acceptors (Lipinski definition) is 5. The van der Waals surface area contributed by atoms with Gasteiger partial charge in [0.1, 0.15) is 5.75 Å². The molecule has 0 saturated carbocycles. The molecule has 142 valence electrons. The molecule has 0 heterocycles.